The first kappa shape index (κ1) is 17.9. The fourth-order valence-electron chi connectivity index (χ4n) is 4.54. The number of ether oxygens (including phenoxy) is 6. The summed E-state index contributed by atoms with van der Waals surface area (Å²) in [6, 6.07) is 7.76. The van der Waals surface area contributed by atoms with Crippen molar-refractivity contribution in [3.8, 4) is 34.5 Å². The van der Waals surface area contributed by atoms with Crippen LogP contribution in [0.4, 0.5) is 0 Å². The zero-order valence-electron chi connectivity index (χ0n) is 17.5. The standard InChI is InChI=1S/C23H20N2O6/c1-26-14-5-10-12(7-16(14)28-3)24-20-18(10)22-23(31-9-30-22)19-11-6-15(27-2)17(29-4)8-13(11)25-21(19)20/h5-8,24-25H,9H2,1-4H3. The van der Waals surface area contributed by atoms with Crippen LogP contribution in [0.25, 0.3) is 43.6 Å². The van der Waals surface area contributed by atoms with Crippen molar-refractivity contribution >= 4 is 43.6 Å². The molecular weight excluding hydrogens is 400 g/mol. The van der Waals surface area contributed by atoms with E-state index in [1.165, 1.54) is 0 Å². The van der Waals surface area contributed by atoms with E-state index in [1.807, 2.05) is 24.3 Å². The number of nitrogens with one attached hydrogen (secondary N) is 2. The first-order chi connectivity index (χ1) is 15.2. The second-order valence-corrected chi connectivity index (χ2v) is 7.32. The van der Waals surface area contributed by atoms with E-state index in [0.717, 1.165) is 43.6 Å². The van der Waals surface area contributed by atoms with Crippen LogP contribution in [-0.4, -0.2) is 45.2 Å². The zero-order valence-corrected chi connectivity index (χ0v) is 17.5. The van der Waals surface area contributed by atoms with Crippen molar-refractivity contribution in [2.75, 3.05) is 35.2 Å². The molecule has 6 rings (SSSR count). The first-order valence-corrected chi connectivity index (χ1v) is 9.74. The Morgan fingerprint density at radius 3 is 1.39 bits per heavy atom. The number of methoxy groups -OCH3 is 4. The highest BCUT2D eigenvalue weighted by molar-refractivity contribution is 6.27. The first-order valence-electron chi connectivity index (χ1n) is 9.74. The van der Waals surface area contributed by atoms with E-state index in [-0.39, 0.29) is 6.79 Å². The summed E-state index contributed by atoms with van der Waals surface area (Å²) in [6.07, 6.45) is 0. The van der Waals surface area contributed by atoms with E-state index in [2.05, 4.69) is 9.97 Å². The van der Waals surface area contributed by atoms with Crippen LogP contribution in [0.3, 0.4) is 0 Å². The van der Waals surface area contributed by atoms with Gasteiger partial charge >= 0.3 is 0 Å². The van der Waals surface area contributed by atoms with Crippen molar-refractivity contribution in [2.24, 2.45) is 0 Å². The Kier molecular flexibility index (Phi) is 3.62. The number of aromatic amines is 2. The van der Waals surface area contributed by atoms with Crippen LogP contribution in [0.1, 0.15) is 0 Å². The number of aromatic nitrogens is 2. The molecule has 2 aromatic heterocycles. The third-order valence-electron chi connectivity index (χ3n) is 5.92. The second kappa shape index (κ2) is 6.28. The molecule has 0 bridgehead atoms. The van der Waals surface area contributed by atoms with Gasteiger partial charge in [0.05, 0.1) is 61.3 Å². The van der Waals surface area contributed by atoms with Gasteiger partial charge in [0.1, 0.15) is 0 Å². The van der Waals surface area contributed by atoms with Crippen LogP contribution >= 0.6 is 0 Å². The van der Waals surface area contributed by atoms with Crippen molar-refractivity contribution < 1.29 is 28.4 Å². The van der Waals surface area contributed by atoms with Gasteiger partial charge in [-0.25, -0.2) is 0 Å². The van der Waals surface area contributed by atoms with Crippen molar-refractivity contribution in [1.29, 1.82) is 0 Å². The third kappa shape index (κ3) is 2.24. The number of hydrogen-bond donors (Lipinski definition) is 2. The van der Waals surface area contributed by atoms with Crippen LogP contribution in [0, 0.1) is 0 Å². The molecule has 0 fully saturated rings. The van der Waals surface area contributed by atoms with Gasteiger partial charge in [-0.3, -0.25) is 0 Å². The second-order valence-electron chi connectivity index (χ2n) is 7.32. The molecule has 1 aliphatic heterocycles. The molecule has 1 aliphatic rings. The van der Waals surface area contributed by atoms with Crippen LogP contribution in [-0.2, 0) is 0 Å². The van der Waals surface area contributed by atoms with Gasteiger partial charge in [0.15, 0.2) is 34.5 Å². The van der Waals surface area contributed by atoms with E-state index in [1.54, 1.807) is 28.4 Å². The minimum Gasteiger partial charge on any atom is -0.493 e. The van der Waals surface area contributed by atoms with Crippen LogP contribution < -0.4 is 28.4 Å². The van der Waals surface area contributed by atoms with Gasteiger partial charge in [0, 0.05) is 22.9 Å². The van der Waals surface area contributed by atoms with Crippen molar-refractivity contribution in [3.63, 3.8) is 0 Å². The van der Waals surface area contributed by atoms with Gasteiger partial charge in [-0.1, -0.05) is 0 Å². The summed E-state index contributed by atoms with van der Waals surface area (Å²) in [7, 11) is 6.49. The van der Waals surface area contributed by atoms with E-state index in [0.29, 0.717) is 34.5 Å². The molecular formula is C23H20N2O6. The van der Waals surface area contributed by atoms with Crippen LogP contribution in [0.15, 0.2) is 24.3 Å². The SMILES string of the molecule is COc1cc2[nH]c3c4[nH]c5cc(OC)c(OC)cc5c4c4c(c3c2cc1OC)OCO4. The topological polar surface area (TPSA) is 87.0 Å². The maximum atomic E-state index is 5.95. The summed E-state index contributed by atoms with van der Waals surface area (Å²) in [5, 5.41) is 3.79. The summed E-state index contributed by atoms with van der Waals surface area (Å²) >= 11 is 0. The zero-order chi connectivity index (χ0) is 21.3. The molecule has 0 saturated heterocycles. The lowest BCUT2D eigenvalue weighted by atomic mass is 10.1. The number of fused-ring (bicyclic) bond motifs is 10. The highest BCUT2D eigenvalue weighted by Gasteiger charge is 2.28. The Bertz CT molecular complexity index is 1400. The maximum absolute atomic E-state index is 5.95. The molecule has 8 heteroatoms. The van der Waals surface area contributed by atoms with Crippen molar-refractivity contribution in [2.45, 2.75) is 0 Å². The molecule has 0 aliphatic carbocycles. The van der Waals surface area contributed by atoms with Gasteiger partial charge in [0.2, 0.25) is 6.79 Å². The molecule has 0 atom stereocenters. The minimum absolute atomic E-state index is 0.156. The van der Waals surface area contributed by atoms with Crippen LogP contribution in [0.5, 0.6) is 34.5 Å². The molecule has 5 aromatic rings. The monoisotopic (exact) mass is 420 g/mol. The third-order valence-corrected chi connectivity index (χ3v) is 5.92. The normalized spacial score (nSPS) is 12.9. The molecule has 0 amide bonds. The molecule has 3 heterocycles. The number of benzene rings is 3. The fourth-order valence-corrected chi connectivity index (χ4v) is 4.54. The molecule has 0 spiro atoms. The van der Waals surface area contributed by atoms with Gasteiger partial charge in [-0.2, -0.15) is 0 Å². The minimum atomic E-state index is 0.156. The molecule has 2 N–H and O–H groups in total. The van der Waals surface area contributed by atoms with Gasteiger partial charge < -0.3 is 38.4 Å². The van der Waals surface area contributed by atoms with Crippen molar-refractivity contribution in [1.82, 2.24) is 9.97 Å². The Hall–Kier alpha value is -3.94. The number of hydrogen-bond acceptors (Lipinski definition) is 6. The maximum Gasteiger partial charge on any atom is 0.231 e. The summed E-state index contributed by atoms with van der Waals surface area (Å²) in [5.74, 6) is 4.01. The molecule has 8 nitrogen and oxygen atoms in total. The van der Waals surface area contributed by atoms with Gasteiger partial charge in [-0.15, -0.1) is 0 Å². The molecule has 0 unspecified atom stereocenters. The van der Waals surface area contributed by atoms with Gasteiger partial charge in [0.25, 0.3) is 0 Å². The smallest absolute Gasteiger partial charge is 0.231 e. The fraction of sp³-hybridized carbons (Fsp3) is 0.217. The highest BCUT2D eigenvalue weighted by atomic mass is 16.7. The number of rotatable bonds is 4. The molecule has 0 saturated carbocycles. The Morgan fingerprint density at radius 1 is 0.613 bits per heavy atom. The summed E-state index contributed by atoms with van der Waals surface area (Å²) in [5.41, 5.74) is 3.65. The van der Waals surface area contributed by atoms with Gasteiger partial charge in [-0.05, 0) is 12.1 Å². The lowest BCUT2D eigenvalue weighted by Crippen LogP contribution is -1.93. The van der Waals surface area contributed by atoms with E-state index in [4.69, 9.17) is 28.4 Å². The van der Waals surface area contributed by atoms with Crippen molar-refractivity contribution in [3.05, 3.63) is 24.3 Å². The molecule has 3 aromatic carbocycles. The highest BCUT2D eigenvalue weighted by Crippen LogP contribution is 2.52. The van der Waals surface area contributed by atoms with Crippen LogP contribution in [0.2, 0.25) is 0 Å². The lowest BCUT2D eigenvalue weighted by Gasteiger charge is -2.08. The Morgan fingerprint density at radius 2 is 1.00 bits per heavy atom. The van der Waals surface area contributed by atoms with E-state index in [9.17, 15) is 0 Å². The molecule has 158 valence electrons. The predicted molar refractivity (Wildman–Crippen MR) is 117 cm³/mol. The summed E-state index contributed by atoms with van der Waals surface area (Å²) in [6.45, 7) is 0.156. The van der Waals surface area contributed by atoms with E-state index >= 15 is 0 Å². The molecule has 0 radical (unpaired) electrons. The predicted octanol–water partition coefficient (Wildman–Crippen LogP) is 4.72. The largest absolute Gasteiger partial charge is 0.493 e. The lowest BCUT2D eigenvalue weighted by molar-refractivity contribution is 0.176. The summed E-state index contributed by atoms with van der Waals surface area (Å²) < 4.78 is 33.9. The number of H-pyrrole nitrogens is 2. The molecule has 31 heavy (non-hydrogen) atoms. The Balaban J connectivity index is 1.81. The Labute approximate surface area is 176 Å². The average molecular weight is 420 g/mol. The average Bonchev–Trinajstić information content (AvgIpc) is 3.50. The van der Waals surface area contributed by atoms with E-state index < -0.39 is 0 Å². The summed E-state index contributed by atoms with van der Waals surface area (Å²) in [4.78, 5) is 7.06. The quantitative estimate of drug-likeness (QED) is 0.438.